The number of imidazole rings is 1. The fraction of sp³-hybridized carbons (Fsp3) is 0.133. The van der Waals surface area contributed by atoms with Crippen LogP contribution in [0.5, 0.6) is 0 Å². The highest BCUT2D eigenvalue weighted by atomic mass is 19.1. The van der Waals surface area contributed by atoms with E-state index in [1.165, 1.54) is 6.07 Å². The van der Waals surface area contributed by atoms with Crippen molar-refractivity contribution in [3.63, 3.8) is 0 Å². The Morgan fingerprint density at radius 3 is 2.74 bits per heavy atom. The summed E-state index contributed by atoms with van der Waals surface area (Å²) in [4.78, 5) is 4.32. The van der Waals surface area contributed by atoms with Gasteiger partial charge in [0.05, 0.1) is 16.7 Å². The first kappa shape index (κ1) is 11.9. The van der Waals surface area contributed by atoms with E-state index in [2.05, 4.69) is 4.98 Å². The summed E-state index contributed by atoms with van der Waals surface area (Å²) < 4.78 is 15.9. The van der Waals surface area contributed by atoms with Crippen LogP contribution in [0.15, 0.2) is 48.8 Å². The summed E-state index contributed by atoms with van der Waals surface area (Å²) in [7, 11) is 0. The fourth-order valence-electron chi connectivity index (χ4n) is 2.34. The molecule has 2 aromatic carbocycles. The molecule has 0 spiro atoms. The molecule has 4 heteroatoms. The number of nitrogens with zero attached hydrogens (tertiary/aromatic N) is 2. The maximum Gasteiger partial charge on any atom is 0.130 e. The van der Waals surface area contributed by atoms with E-state index in [1.807, 2.05) is 34.9 Å². The van der Waals surface area contributed by atoms with E-state index in [0.717, 1.165) is 16.7 Å². The summed E-state index contributed by atoms with van der Waals surface area (Å²) in [6.45, 7) is 1.78. The number of rotatable bonds is 2. The van der Waals surface area contributed by atoms with Crippen molar-refractivity contribution in [2.24, 2.45) is 5.73 Å². The minimum absolute atomic E-state index is 0.287. The van der Waals surface area contributed by atoms with E-state index in [-0.39, 0.29) is 11.9 Å². The van der Waals surface area contributed by atoms with Crippen molar-refractivity contribution in [3.8, 4) is 5.69 Å². The molecule has 0 aliphatic rings. The number of hydrogen-bond donors (Lipinski definition) is 1. The number of para-hydroxylation sites is 2. The number of fused-ring (bicyclic) bond motifs is 1. The SMILES string of the molecule is C[C@@H](N)c1c(F)cccc1-n1cnc2ccccc21. The second-order valence-corrected chi connectivity index (χ2v) is 4.56. The molecule has 0 bridgehead atoms. The predicted molar refractivity (Wildman–Crippen MR) is 73.6 cm³/mol. The van der Waals surface area contributed by atoms with E-state index in [4.69, 9.17) is 5.73 Å². The Balaban J connectivity index is 2.30. The van der Waals surface area contributed by atoms with Crippen molar-refractivity contribution in [1.29, 1.82) is 0 Å². The van der Waals surface area contributed by atoms with E-state index < -0.39 is 0 Å². The quantitative estimate of drug-likeness (QED) is 0.764. The van der Waals surface area contributed by atoms with Crippen LogP contribution in [0.4, 0.5) is 4.39 Å². The van der Waals surface area contributed by atoms with Crippen molar-refractivity contribution in [2.45, 2.75) is 13.0 Å². The molecule has 0 unspecified atom stereocenters. The van der Waals surface area contributed by atoms with Crippen LogP contribution in [0.2, 0.25) is 0 Å². The van der Waals surface area contributed by atoms with Crippen LogP contribution in [-0.4, -0.2) is 9.55 Å². The van der Waals surface area contributed by atoms with Crippen molar-refractivity contribution < 1.29 is 4.39 Å². The molecule has 3 nitrogen and oxygen atoms in total. The van der Waals surface area contributed by atoms with E-state index >= 15 is 0 Å². The largest absolute Gasteiger partial charge is 0.324 e. The molecule has 1 aromatic heterocycles. The Hall–Kier alpha value is -2.20. The average Bonchev–Trinajstić information content (AvgIpc) is 2.81. The molecule has 1 heterocycles. The van der Waals surface area contributed by atoms with Gasteiger partial charge < -0.3 is 5.73 Å². The van der Waals surface area contributed by atoms with Crippen LogP contribution >= 0.6 is 0 Å². The van der Waals surface area contributed by atoms with Gasteiger partial charge in [-0.25, -0.2) is 9.37 Å². The van der Waals surface area contributed by atoms with Gasteiger partial charge in [-0.1, -0.05) is 18.2 Å². The molecule has 0 aliphatic carbocycles. The van der Waals surface area contributed by atoms with E-state index in [1.54, 1.807) is 19.3 Å². The molecule has 0 aliphatic heterocycles. The maximum absolute atomic E-state index is 14.0. The highest BCUT2D eigenvalue weighted by Gasteiger charge is 2.15. The van der Waals surface area contributed by atoms with Crippen LogP contribution in [-0.2, 0) is 0 Å². The number of nitrogens with two attached hydrogens (primary N) is 1. The normalized spacial score (nSPS) is 12.8. The molecule has 0 saturated carbocycles. The third kappa shape index (κ3) is 1.90. The number of halogens is 1. The zero-order valence-electron chi connectivity index (χ0n) is 10.5. The second-order valence-electron chi connectivity index (χ2n) is 4.56. The first-order valence-electron chi connectivity index (χ1n) is 6.15. The number of benzene rings is 2. The molecule has 96 valence electrons. The van der Waals surface area contributed by atoms with Crippen LogP contribution < -0.4 is 5.73 Å². The number of aromatic nitrogens is 2. The molecule has 1 atom stereocenters. The van der Waals surface area contributed by atoms with Gasteiger partial charge in [-0.05, 0) is 31.2 Å². The van der Waals surface area contributed by atoms with Crippen LogP contribution in [0.25, 0.3) is 16.7 Å². The van der Waals surface area contributed by atoms with E-state index in [0.29, 0.717) is 5.56 Å². The Kier molecular flexibility index (Phi) is 2.80. The monoisotopic (exact) mass is 255 g/mol. The van der Waals surface area contributed by atoms with Gasteiger partial charge in [0.2, 0.25) is 0 Å². The second kappa shape index (κ2) is 4.48. The standard InChI is InChI=1S/C15H14FN3/c1-10(17)15-11(16)5-4-8-14(15)19-9-18-12-6-2-3-7-13(12)19/h2-10H,17H2,1H3/t10-/m1/s1. The van der Waals surface area contributed by atoms with Crippen LogP contribution in [0, 0.1) is 5.82 Å². The first-order valence-corrected chi connectivity index (χ1v) is 6.15. The first-order chi connectivity index (χ1) is 9.18. The summed E-state index contributed by atoms with van der Waals surface area (Å²) in [6, 6.07) is 12.3. The van der Waals surface area contributed by atoms with Gasteiger partial charge >= 0.3 is 0 Å². The summed E-state index contributed by atoms with van der Waals surface area (Å²) >= 11 is 0. The minimum Gasteiger partial charge on any atom is -0.324 e. The Morgan fingerprint density at radius 1 is 1.16 bits per heavy atom. The number of hydrogen-bond acceptors (Lipinski definition) is 2. The molecule has 2 N–H and O–H groups in total. The Labute approximate surface area is 110 Å². The lowest BCUT2D eigenvalue weighted by molar-refractivity contribution is 0.591. The highest BCUT2D eigenvalue weighted by molar-refractivity contribution is 5.77. The van der Waals surface area contributed by atoms with Gasteiger partial charge in [-0.2, -0.15) is 0 Å². The lowest BCUT2D eigenvalue weighted by atomic mass is 10.1. The van der Waals surface area contributed by atoms with Crippen LogP contribution in [0.1, 0.15) is 18.5 Å². The molecule has 3 rings (SSSR count). The smallest absolute Gasteiger partial charge is 0.130 e. The minimum atomic E-state index is -0.377. The zero-order chi connectivity index (χ0) is 13.4. The predicted octanol–water partition coefficient (Wildman–Crippen LogP) is 3.18. The third-order valence-corrected chi connectivity index (χ3v) is 3.20. The topological polar surface area (TPSA) is 43.8 Å². The molecule has 19 heavy (non-hydrogen) atoms. The fourth-order valence-corrected chi connectivity index (χ4v) is 2.34. The molecule has 0 amide bonds. The zero-order valence-corrected chi connectivity index (χ0v) is 10.5. The molecule has 0 radical (unpaired) electrons. The lowest BCUT2D eigenvalue weighted by Crippen LogP contribution is -2.11. The molecular formula is C15H14FN3. The van der Waals surface area contributed by atoms with Gasteiger partial charge in [-0.15, -0.1) is 0 Å². The van der Waals surface area contributed by atoms with E-state index in [9.17, 15) is 4.39 Å². The average molecular weight is 255 g/mol. The summed E-state index contributed by atoms with van der Waals surface area (Å²) in [6.07, 6.45) is 1.70. The Bertz CT molecular complexity index is 731. The molecule has 3 aromatic rings. The van der Waals surface area contributed by atoms with Gasteiger partial charge in [0.1, 0.15) is 12.1 Å². The molecular weight excluding hydrogens is 241 g/mol. The highest BCUT2D eigenvalue weighted by Crippen LogP contribution is 2.26. The van der Waals surface area contributed by atoms with Crippen molar-refractivity contribution in [1.82, 2.24) is 9.55 Å². The lowest BCUT2D eigenvalue weighted by Gasteiger charge is -2.15. The van der Waals surface area contributed by atoms with Gasteiger partial charge in [-0.3, -0.25) is 4.57 Å². The van der Waals surface area contributed by atoms with Crippen molar-refractivity contribution >= 4 is 11.0 Å². The summed E-state index contributed by atoms with van der Waals surface area (Å²) in [5.41, 5.74) is 8.95. The third-order valence-electron chi connectivity index (χ3n) is 3.20. The van der Waals surface area contributed by atoms with Gasteiger partial charge in [0.25, 0.3) is 0 Å². The van der Waals surface area contributed by atoms with Gasteiger partial charge in [0.15, 0.2) is 0 Å². The Morgan fingerprint density at radius 2 is 1.95 bits per heavy atom. The maximum atomic E-state index is 14.0. The van der Waals surface area contributed by atoms with Crippen LogP contribution in [0.3, 0.4) is 0 Å². The van der Waals surface area contributed by atoms with Crippen molar-refractivity contribution in [3.05, 3.63) is 60.2 Å². The van der Waals surface area contributed by atoms with Crippen molar-refractivity contribution in [2.75, 3.05) is 0 Å². The summed E-state index contributed by atoms with van der Waals surface area (Å²) in [5, 5.41) is 0. The van der Waals surface area contributed by atoms with Gasteiger partial charge in [0, 0.05) is 11.6 Å². The molecule has 0 fully saturated rings. The molecule has 0 saturated heterocycles. The summed E-state index contributed by atoms with van der Waals surface area (Å²) in [5.74, 6) is -0.287.